The Morgan fingerprint density at radius 2 is 2.10 bits per heavy atom. The number of hydrogen-bond donors (Lipinski definition) is 2. The number of nitriles is 1. The van der Waals surface area contributed by atoms with Crippen LogP contribution in [0, 0.1) is 23.1 Å². The molecule has 4 rings (SSSR count). The molecular formula is C21H20FN7O2. The topological polar surface area (TPSA) is 129 Å². The molecule has 1 aliphatic heterocycles. The van der Waals surface area contributed by atoms with E-state index in [2.05, 4.69) is 15.4 Å². The van der Waals surface area contributed by atoms with Gasteiger partial charge in [0.1, 0.15) is 12.2 Å². The lowest BCUT2D eigenvalue weighted by Gasteiger charge is -2.20. The standard InChI is InChI=1S/C21H20FN7O2/c1-12-9-28(19(30)2-3-23)11-17(12)27-20-16(21(24)31)8-26-29-10-14(5-18(20)29)13-4-15(22)7-25-6-13/h4-8,10,12,17,27H,2,9,11H2,1H3,(H2,24,31)/t12-,17+/m0/s1. The summed E-state index contributed by atoms with van der Waals surface area (Å²) < 4.78 is 15.2. The van der Waals surface area contributed by atoms with Crippen LogP contribution in [-0.2, 0) is 4.79 Å². The van der Waals surface area contributed by atoms with Crippen LogP contribution >= 0.6 is 0 Å². The Bertz CT molecular complexity index is 1220. The van der Waals surface area contributed by atoms with Crippen molar-refractivity contribution in [2.75, 3.05) is 18.4 Å². The summed E-state index contributed by atoms with van der Waals surface area (Å²) >= 11 is 0. The van der Waals surface area contributed by atoms with Crippen molar-refractivity contribution in [2.45, 2.75) is 19.4 Å². The lowest BCUT2D eigenvalue weighted by atomic mass is 10.1. The molecule has 31 heavy (non-hydrogen) atoms. The van der Waals surface area contributed by atoms with E-state index in [1.165, 1.54) is 18.5 Å². The SMILES string of the molecule is C[C@H]1CN(C(=O)CC#N)C[C@H]1Nc1c(C(N)=O)cnn2cc(-c3cncc(F)c3)cc12. The van der Waals surface area contributed by atoms with Gasteiger partial charge >= 0.3 is 0 Å². The third kappa shape index (κ3) is 3.90. The Morgan fingerprint density at radius 1 is 1.29 bits per heavy atom. The molecule has 3 aromatic rings. The van der Waals surface area contributed by atoms with Crippen LogP contribution in [0.4, 0.5) is 10.1 Å². The number of carbonyl (C=O) groups excluding carboxylic acids is 2. The summed E-state index contributed by atoms with van der Waals surface area (Å²) in [6.45, 7) is 2.89. The molecule has 0 aliphatic carbocycles. The van der Waals surface area contributed by atoms with Crippen molar-refractivity contribution in [1.82, 2.24) is 19.5 Å². The quantitative estimate of drug-likeness (QED) is 0.646. The van der Waals surface area contributed by atoms with E-state index in [9.17, 15) is 14.0 Å². The second-order valence-electron chi connectivity index (χ2n) is 7.61. The molecule has 0 saturated carbocycles. The number of anilines is 1. The third-order valence-corrected chi connectivity index (χ3v) is 5.47. The number of nitrogens with one attached hydrogen (secondary N) is 1. The molecule has 0 bridgehead atoms. The number of hydrogen-bond acceptors (Lipinski definition) is 6. The largest absolute Gasteiger partial charge is 0.378 e. The molecule has 4 heterocycles. The van der Waals surface area contributed by atoms with E-state index in [-0.39, 0.29) is 29.9 Å². The van der Waals surface area contributed by atoms with Crippen molar-refractivity contribution < 1.29 is 14.0 Å². The summed E-state index contributed by atoms with van der Waals surface area (Å²) in [5.74, 6) is -1.25. The zero-order chi connectivity index (χ0) is 22.1. The lowest BCUT2D eigenvalue weighted by Crippen LogP contribution is -2.32. The lowest BCUT2D eigenvalue weighted by molar-refractivity contribution is -0.129. The van der Waals surface area contributed by atoms with Gasteiger partial charge < -0.3 is 16.0 Å². The van der Waals surface area contributed by atoms with E-state index in [0.717, 1.165) is 6.20 Å². The first kappa shape index (κ1) is 20.3. The summed E-state index contributed by atoms with van der Waals surface area (Å²) in [5.41, 5.74) is 8.11. The Labute approximate surface area is 177 Å². The minimum atomic E-state index is -0.643. The van der Waals surface area contributed by atoms with Gasteiger partial charge in [0.05, 0.1) is 35.2 Å². The number of aromatic nitrogens is 3. The van der Waals surface area contributed by atoms with E-state index in [0.29, 0.717) is 35.4 Å². The number of primary amides is 1. The van der Waals surface area contributed by atoms with Crippen LogP contribution in [0.2, 0.25) is 0 Å². The van der Waals surface area contributed by atoms with Gasteiger partial charge in [0.2, 0.25) is 5.91 Å². The third-order valence-electron chi connectivity index (χ3n) is 5.47. The Morgan fingerprint density at radius 3 is 2.81 bits per heavy atom. The Kier molecular flexibility index (Phi) is 5.25. The molecule has 2 amide bonds. The Hall–Kier alpha value is -4.00. The zero-order valence-electron chi connectivity index (χ0n) is 16.7. The highest BCUT2D eigenvalue weighted by Crippen LogP contribution is 2.31. The fraction of sp³-hybridized carbons (Fsp3) is 0.286. The summed E-state index contributed by atoms with van der Waals surface area (Å²) in [7, 11) is 0. The number of pyridine rings is 1. The fourth-order valence-corrected chi connectivity index (χ4v) is 3.85. The fourth-order valence-electron chi connectivity index (χ4n) is 3.85. The number of halogens is 1. The molecule has 158 valence electrons. The first-order valence-corrected chi connectivity index (χ1v) is 9.70. The average molecular weight is 421 g/mol. The van der Waals surface area contributed by atoms with Gasteiger partial charge in [-0.05, 0) is 18.1 Å². The number of nitrogens with zero attached hydrogens (tertiary/aromatic N) is 5. The van der Waals surface area contributed by atoms with Crippen molar-refractivity contribution in [3.05, 3.63) is 48.3 Å². The molecule has 2 atom stereocenters. The smallest absolute Gasteiger partial charge is 0.252 e. The average Bonchev–Trinajstić information content (AvgIpc) is 3.32. The van der Waals surface area contributed by atoms with Gasteiger partial charge in [-0.2, -0.15) is 10.4 Å². The molecule has 1 saturated heterocycles. The maximum Gasteiger partial charge on any atom is 0.252 e. The number of carbonyl (C=O) groups is 2. The van der Waals surface area contributed by atoms with Crippen molar-refractivity contribution in [1.29, 1.82) is 5.26 Å². The molecule has 0 unspecified atom stereocenters. The molecule has 10 heteroatoms. The van der Waals surface area contributed by atoms with Gasteiger partial charge in [-0.25, -0.2) is 8.91 Å². The number of amides is 2. The maximum absolute atomic E-state index is 13.6. The second kappa shape index (κ2) is 8.02. The van der Waals surface area contributed by atoms with E-state index < -0.39 is 11.7 Å². The van der Waals surface area contributed by atoms with Gasteiger partial charge in [-0.3, -0.25) is 14.6 Å². The van der Waals surface area contributed by atoms with Crippen LogP contribution in [0.15, 0.2) is 36.9 Å². The highest BCUT2D eigenvalue weighted by atomic mass is 19.1. The van der Waals surface area contributed by atoms with E-state index in [1.807, 2.05) is 13.0 Å². The molecule has 1 aliphatic rings. The van der Waals surface area contributed by atoms with Crippen LogP contribution in [0.5, 0.6) is 0 Å². The highest BCUT2D eigenvalue weighted by Gasteiger charge is 2.33. The van der Waals surface area contributed by atoms with Crippen molar-refractivity contribution in [2.24, 2.45) is 11.7 Å². The maximum atomic E-state index is 13.6. The van der Waals surface area contributed by atoms with Gasteiger partial charge in [0, 0.05) is 42.7 Å². The minimum Gasteiger partial charge on any atom is -0.378 e. The zero-order valence-corrected chi connectivity index (χ0v) is 16.7. The number of nitrogens with two attached hydrogens (primary N) is 1. The van der Waals surface area contributed by atoms with Crippen molar-refractivity contribution in [3.8, 4) is 17.2 Å². The molecule has 3 N–H and O–H groups in total. The molecule has 1 fully saturated rings. The number of fused-ring (bicyclic) bond motifs is 1. The normalized spacial score (nSPS) is 18.2. The summed E-state index contributed by atoms with van der Waals surface area (Å²) in [5, 5.41) is 16.4. The van der Waals surface area contributed by atoms with Crippen molar-refractivity contribution in [3.63, 3.8) is 0 Å². The first-order chi connectivity index (χ1) is 14.9. The minimum absolute atomic E-state index is 0.0819. The van der Waals surface area contributed by atoms with Crippen LogP contribution in [0.3, 0.4) is 0 Å². The number of likely N-dealkylation sites (tertiary alicyclic amines) is 1. The van der Waals surface area contributed by atoms with Crippen LogP contribution in [0.25, 0.3) is 16.6 Å². The van der Waals surface area contributed by atoms with Gasteiger partial charge in [-0.15, -0.1) is 0 Å². The number of rotatable bonds is 5. The van der Waals surface area contributed by atoms with Gasteiger partial charge in [-0.1, -0.05) is 6.92 Å². The van der Waals surface area contributed by atoms with E-state index in [1.54, 1.807) is 21.7 Å². The van der Waals surface area contributed by atoms with E-state index in [4.69, 9.17) is 11.0 Å². The van der Waals surface area contributed by atoms with Gasteiger partial charge in [0.25, 0.3) is 5.91 Å². The summed E-state index contributed by atoms with van der Waals surface area (Å²) in [4.78, 5) is 29.7. The molecule has 0 aromatic carbocycles. The summed E-state index contributed by atoms with van der Waals surface area (Å²) in [6.07, 6.45) is 5.58. The monoisotopic (exact) mass is 421 g/mol. The summed E-state index contributed by atoms with van der Waals surface area (Å²) in [6, 6.07) is 4.86. The van der Waals surface area contributed by atoms with Crippen molar-refractivity contribution >= 4 is 23.0 Å². The molecule has 9 nitrogen and oxygen atoms in total. The first-order valence-electron chi connectivity index (χ1n) is 9.70. The van der Waals surface area contributed by atoms with E-state index >= 15 is 0 Å². The molecule has 0 spiro atoms. The molecule has 0 radical (unpaired) electrons. The Balaban J connectivity index is 1.72. The molecular weight excluding hydrogens is 401 g/mol. The van der Waals surface area contributed by atoms with Crippen LogP contribution < -0.4 is 11.1 Å². The van der Waals surface area contributed by atoms with Crippen LogP contribution in [0.1, 0.15) is 23.7 Å². The van der Waals surface area contributed by atoms with Gasteiger partial charge in [0.15, 0.2) is 0 Å². The second-order valence-corrected chi connectivity index (χ2v) is 7.61. The molecule has 3 aromatic heterocycles. The van der Waals surface area contributed by atoms with Crippen LogP contribution in [-0.4, -0.2) is 50.4 Å². The predicted molar refractivity (Wildman–Crippen MR) is 110 cm³/mol. The highest BCUT2D eigenvalue weighted by molar-refractivity contribution is 6.02. The predicted octanol–water partition coefficient (Wildman–Crippen LogP) is 1.81.